The molecule has 0 fully saturated rings. The minimum absolute atomic E-state index is 0.0279. The summed E-state index contributed by atoms with van der Waals surface area (Å²) in [5, 5.41) is 23.1. The molecule has 0 aromatic heterocycles. The summed E-state index contributed by atoms with van der Waals surface area (Å²) in [7, 11) is 0. The Labute approximate surface area is 141 Å². The highest BCUT2D eigenvalue weighted by Gasteiger charge is 2.14. The highest BCUT2D eigenvalue weighted by molar-refractivity contribution is 6.02. The first kappa shape index (κ1) is 17.5. The summed E-state index contributed by atoms with van der Waals surface area (Å²) >= 11 is 0. The Kier molecular flexibility index (Phi) is 4.93. The molecule has 0 atom stereocenters. The molecule has 2 aromatic rings. The van der Waals surface area contributed by atoms with E-state index in [1.807, 2.05) is 12.1 Å². The number of carbonyl (C=O) groups excluding carboxylic acids is 1. The standard InChI is InChI=1S/C19H22N2O3/c1-12(16-10-9-15(22)11-17(16)23)20-21-18(24)13-5-7-14(8-6-13)19(2,3)4/h5-11,22-23H,1-4H3,(H,21,24)/b20-12+. The number of hydrogen-bond donors (Lipinski definition) is 3. The lowest BCUT2D eigenvalue weighted by molar-refractivity contribution is 0.0954. The van der Waals surface area contributed by atoms with Crippen LogP contribution < -0.4 is 5.43 Å². The van der Waals surface area contributed by atoms with Gasteiger partial charge in [-0.2, -0.15) is 5.10 Å². The first-order valence-electron chi connectivity index (χ1n) is 7.66. The van der Waals surface area contributed by atoms with Gasteiger partial charge >= 0.3 is 0 Å². The van der Waals surface area contributed by atoms with Gasteiger partial charge < -0.3 is 10.2 Å². The molecule has 1 amide bonds. The number of nitrogens with zero attached hydrogens (tertiary/aromatic N) is 1. The summed E-state index contributed by atoms with van der Waals surface area (Å²) in [5.74, 6) is -0.458. The smallest absolute Gasteiger partial charge is 0.271 e. The Balaban J connectivity index is 2.11. The molecule has 0 bridgehead atoms. The third-order valence-electron chi connectivity index (χ3n) is 3.71. The van der Waals surface area contributed by atoms with Crippen molar-refractivity contribution in [3.8, 4) is 11.5 Å². The highest BCUT2D eigenvalue weighted by Crippen LogP contribution is 2.23. The molecule has 126 valence electrons. The fourth-order valence-electron chi connectivity index (χ4n) is 2.21. The number of benzene rings is 2. The van der Waals surface area contributed by atoms with Gasteiger partial charge in [-0.1, -0.05) is 32.9 Å². The van der Waals surface area contributed by atoms with Crippen LogP contribution in [0.1, 0.15) is 49.2 Å². The normalized spacial score (nSPS) is 12.1. The maximum absolute atomic E-state index is 12.2. The second-order valence-corrected chi connectivity index (χ2v) is 6.67. The molecular formula is C19H22N2O3. The van der Waals surface area contributed by atoms with Gasteiger partial charge in [-0.15, -0.1) is 0 Å². The topological polar surface area (TPSA) is 81.9 Å². The number of amides is 1. The van der Waals surface area contributed by atoms with Gasteiger partial charge in [0.15, 0.2) is 0 Å². The first-order valence-corrected chi connectivity index (χ1v) is 7.66. The quantitative estimate of drug-likeness (QED) is 0.596. The van der Waals surface area contributed by atoms with Gasteiger partial charge in [-0.3, -0.25) is 4.79 Å². The summed E-state index contributed by atoms with van der Waals surface area (Å²) in [6.07, 6.45) is 0. The summed E-state index contributed by atoms with van der Waals surface area (Å²) in [6, 6.07) is 11.6. The van der Waals surface area contributed by atoms with Crippen molar-refractivity contribution in [2.75, 3.05) is 0 Å². The number of phenolic OH excluding ortho intramolecular Hbond substituents is 2. The molecule has 3 N–H and O–H groups in total. The zero-order chi connectivity index (χ0) is 17.9. The predicted molar refractivity (Wildman–Crippen MR) is 94.6 cm³/mol. The van der Waals surface area contributed by atoms with Crippen molar-refractivity contribution in [3.05, 3.63) is 59.2 Å². The molecule has 0 spiro atoms. The summed E-state index contributed by atoms with van der Waals surface area (Å²) in [5.41, 5.74) is 5.03. The minimum atomic E-state index is -0.326. The summed E-state index contributed by atoms with van der Waals surface area (Å²) in [4.78, 5) is 12.2. The average Bonchev–Trinajstić information content (AvgIpc) is 2.51. The van der Waals surface area contributed by atoms with Gasteiger partial charge in [0.2, 0.25) is 0 Å². The Morgan fingerprint density at radius 1 is 1.04 bits per heavy atom. The van der Waals surface area contributed by atoms with Crippen LogP contribution in [0.3, 0.4) is 0 Å². The van der Waals surface area contributed by atoms with E-state index >= 15 is 0 Å². The van der Waals surface area contributed by atoms with Gasteiger partial charge in [0.1, 0.15) is 11.5 Å². The second-order valence-electron chi connectivity index (χ2n) is 6.67. The fraction of sp³-hybridized carbons (Fsp3) is 0.263. The van der Waals surface area contributed by atoms with E-state index in [-0.39, 0.29) is 22.8 Å². The largest absolute Gasteiger partial charge is 0.508 e. The van der Waals surface area contributed by atoms with Crippen LogP contribution in [-0.2, 0) is 5.41 Å². The van der Waals surface area contributed by atoms with Crippen molar-refractivity contribution in [2.24, 2.45) is 5.10 Å². The van der Waals surface area contributed by atoms with Gasteiger partial charge in [-0.05, 0) is 42.2 Å². The Hall–Kier alpha value is -2.82. The van der Waals surface area contributed by atoms with E-state index < -0.39 is 0 Å². The highest BCUT2D eigenvalue weighted by atomic mass is 16.3. The zero-order valence-electron chi connectivity index (χ0n) is 14.3. The molecule has 0 aliphatic heterocycles. The molecule has 0 unspecified atom stereocenters. The number of hydrazone groups is 1. The summed E-state index contributed by atoms with van der Waals surface area (Å²) in [6.45, 7) is 7.99. The van der Waals surface area contributed by atoms with Crippen LogP contribution in [0.5, 0.6) is 11.5 Å². The third-order valence-corrected chi connectivity index (χ3v) is 3.71. The maximum atomic E-state index is 12.2. The number of phenols is 2. The molecule has 0 saturated heterocycles. The first-order chi connectivity index (χ1) is 11.2. The zero-order valence-corrected chi connectivity index (χ0v) is 14.3. The van der Waals surface area contributed by atoms with Crippen LogP contribution >= 0.6 is 0 Å². The molecule has 0 saturated carbocycles. The molecule has 0 heterocycles. The van der Waals surface area contributed by atoms with Crippen molar-refractivity contribution in [1.29, 1.82) is 0 Å². The molecule has 0 radical (unpaired) electrons. The van der Waals surface area contributed by atoms with E-state index in [9.17, 15) is 15.0 Å². The van der Waals surface area contributed by atoms with Crippen molar-refractivity contribution < 1.29 is 15.0 Å². The van der Waals surface area contributed by atoms with Crippen LogP contribution in [-0.4, -0.2) is 21.8 Å². The molecule has 2 aromatic carbocycles. The predicted octanol–water partition coefficient (Wildman–Crippen LogP) is 3.55. The fourth-order valence-corrected chi connectivity index (χ4v) is 2.21. The average molecular weight is 326 g/mol. The number of rotatable bonds is 3. The van der Waals surface area contributed by atoms with E-state index in [1.165, 1.54) is 18.2 Å². The van der Waals surface area contributed by atoms with Gasteiger partial charge in [0.05, 0.1) is 5.71 Å². The van der Waals surface area contributed by atoms with E-state index in [2.05, 4.69) is 31.3 Å². The van der Waals surface area contributed by atoms with Crippen molar-refractivity contribution in [3.63, 3.8) is 0 Å². The van der Waals surface area contributed by atoms with Crippen molar-refractivity contribution in [1.82, 2.24) is 5.43 Å². The Morgan fingerprint density at radius 2 is 1.67 bits per heavy atom. The monoisotopic (exact) mass is 326 g/mol. The van der Waals surface area contributed by atoms with Crippen molar-refractivity contribution in [2.45, 2.75) is 33.1 Å². The summed E-state index contributed by atoms with van der Waals surface area (Å²) < 4.78 is 0. The molecular weight excluding hydrogens is 304 g/mol. The molecule has 0 aliphatic carbocycles. The molecule has 5 nitrogen and oxygen atoms in total. The molecule has 5 heteroatoms. The number of carbonyl (C=O) groups is 1. The maximum Gasteiger partial charge on any atom is 0.271 e. The van der Waals surface area contributed by atoms with Gasteiger partial charge in [0.25, 0.3) is 5.91 Å². The SMILES string of the molecule is C/C(=N\NC(=O)c1ccc(C(C)(C)C)cc1)c1ccc(O)cc1O. The van der Waals surface area contributed by atoms with Crippen LogP contribution in [0, 0.1) is 0 Å². The van der Waals surface area contributed by atoms with Crippen molar-refractivity contribution >= 4 is 11.6 Å². The lowest BCUT2D eigenvalue weighted by Gasteiger charge is -2.18. The second kappa shape index (κ2) is 6.74. The minimum Gasteiger partial charge on any atom is -0.508 e. The van der Waals surface area contributed by atoms with Crippen LogP contribution in [0.2, 0.25) is 0 Å². The molecule has 0 aliphatic rings. The van der Waals surface area contributed by atoms with E-state index in [0.29, 0.717) is 16.8 Å². The lowest BCUT2D eigenvalue weighted by atomic mass is 9.87. The Bertz CT molecular complexity index is 772. The number of nitrogens with one attached hydrogen (secondary N) is 1. The van der Waals surface area contributed by atoms with Gasteiger partial charge in [0, 0.05) is 17.2 Å². The number of aromatic hydroxyl groups is 2. The third kappa shape index (κ3) is 4.13. The number of hydrogen-bond acceptors (Lipinski definition) is 4. The van der Waals surface area contributed by atoms with E-state index in [0.717, 1.165) is 5.56 Å². The van der Waals surface area contributed by atoms with Crippen LogP contribution in [0.25, 0.3) is 0 Å². The van der Waals surface area contributed by atoms with Gasteiger partial charge in [-0.25, -0.2) is 5.43 Å². The van der Waals surface area contributed by atoms with Crippen LogP contribution in [0.15, 0.2) is 47.6 Å². The lowest BCUT2D eigenvalue weighted by Crippen LogP contribution is -2.20. The Morgan fingerprint density at radius 3 is 2.21 bits per heavy atom. The van der Waals surface area contributed by atoms with E-state index in [4.69, 9.17) is 0 Å². The molecule has 24 heavy (non-hydrogen) atoms. The van der Waals surface area contributed by atoms with Crippen LogP contribution in [0.4, 0.5) is 0 Å². The molecule has 2 rings (SSSR count). The van der Waals surface area contributed by atoms with E-state index in [1.54, 1.807) is 19.1 Å².